The summed E-state index contributed by atoms with van der Waals surface area (Å²) < 4.78 is 1.03. The van der Waals surface area contributed by atoms with Crippen molar-refractivity contribution in [1.29, 1.82) is 0 Å². The molecule has 98 valence electrons. The summed E-state index contributed by atoms with van der Waals surface area (Å²) in [7, 11) is 0. The second-order valence-electron chi connectivity index (χ2n) is 4.66. The van der Waals surface area contributed by atoms with E-state index in [4.69, 9.17) is 5.73 Å². The van der Waals surface area contributed by atoms with E-state index in [1.54, 1.807) is 18.2 Å². The highest BCUT2D eigenvalue weighted by Gasteiger charge is 2.36. The number of nitrogen functional groups attached to an aromatic ring is 1. The average Bonchev–Trinajstić information content (AvgIpc) is 2.31. The van der Waals surface area contributed by atoms with Gasteiger partial charge in [-0.05, 0) is 53.2 Å². The molecule has 1 aliphatic rings. The number of rotatable bonds is 4. The molecular weight excluding hydrogens is 312 g/mol. The number of anilines is 1. The second-order valence-corrected chi connectivity index (χ2v) is 6.79. The standard InChI is InChI=1S/C13H17BrN2OS/c1-18-13(5-2-6-13)8-16-12(17)9-3-4-11(15)10(14)7-9/h3-4,7H,2,5-6,8,15H2,1H3,(H,16,17). The van der Waals surface area contributed by atoms with E-state index in [9.17, 15) is 4.79 Å². The number of halogens is 1. The molecule has 1 fully saturated rings. The number of carbonyl (C=O) groups excluding carboxylic acids is 1. The number of hydrogen-bond donors (Lipinski definition) is 2. The van der Waals surface area contributed by atoms with Gasteiger partial charge in [0.05, 0.1) is 0 Å². The zero-order valence-corrected chi connectivity index (χ0v) is 12.7. The summed E-state index contributed by atoms with van der Waals surface area (Å²) in [5.74, 6) is -0.0315. The first-order chi connectivity index (χ1) is 8.56. The van der Waals surface area contributed by atoms with Crippen molar-refractivity contribution in [3.8, 4) is 0 Å². The van der Waals surface area contributed by atoms with Crippen molar-refractivity contribution in [3.63, 3.8) is 0 Å². The lowest BCUT2D eigenvalue weighted by molar-refractivity contribution is 0.0944. The molecule has 1 aliphatic carbocycles. The number of hydrogen-bond acceptors (Lipinski definition) is 3. The SMILES string of the molecule is CSC1(CNC(=O)c2ccc(N)c(Br)c2)CCC1. The Labute approximate surface area is 120 Å². The summed E-state index contributed by atoms with van der Waals surface area (Å²) >= 11 is 5.19. The molecule has 5 heteroatoms. The Kier molecular flexibility index (Phi) is 4.22. The number of carbonyl (C=O) groups is 1. The number of nitrogens with one attached hydrogen (secondary N) is 1. The van der Waals surface area contributed by atoms with Gasteiger partial charge in [-0.3, -0.25) is 4.79 Å². The van der Waals surface area contributed by atoms with E-state index in [1.807, 2.05) is 11.8 Å². The molecule has 1 saturated carbocycles. The fourth-order valence-electron chi connectivity index (χ4n) is 2.04. The number of benzene rings is 1. The van der Waals surface area contributed by atoms with Gasteiger partial charge in [-0.25, -0.2) is 0 Å². The van der Waals surface area contributed by atoms with Crippen molar-refractivity contribution in [1.82, 2.24) is 5.32 Å². The van der Waals surface area contributed by atoms with E-state index in [-0.39, 0.29) is 10.7 Å². The summed E-state index contributed by atoms with van der Waals surface area (Å²) in [5, 5.41) is 3.02. The molecule has 2 rings (SSSR count). The van der Waals surface area contributed by atoms with Crippen LogP contribution in [0.4, 0.5) is 5.69 Å². The first kappa shape index (κ1) is 13.7. The second kappa shape index (κ2) is 5.53. The smallest absolute Gasteiger partial charge is 0.251 e. The monoisotopic (exact) mass is 328 g/mol. The van der Waals surface area contributed by atoms with Crippen LogP contribution in [-0.2, 0) is 0 Å². The minimum Gasteiger partial charge on any atom is -0.398 e. The van der Waals surface area contributed by atoms with Gasteiger partial charge in [0.1, 0.15) is 0 Å². The van der Waals surface area contributed by atoms with E-state index in [2.05, 4.69) is 27.5 Å². The van der Waals surface area contributed by atoms with E-state index in [0.717, 1.165) is 11.0 Å². The fourth-order valence-corrected chi connectivity index (χ4v) is 3.33. The summed E-state index contributed by atoms with van der Waals surface area (Å²) in [6, 6.07) is 5.26. The highest BCUT2D eigenvalue weighted by atomic mass is 79.9. The summed E-state index contributed by atoms with van der Waals surface area (Å²) in [5.41, 5.74) is 6.99. The highest BCUT2D eigenvalue weighted by Crippen LogP contribution is 2.42. The fraction of sp³-hybridized carbons (Fsp3) is 0.462. The van der Waals surface area contributed by atoms with Gasteiger partial charge in [0.2, 0.25) is 0 Å². The van der Waals surface area contributed by atoms with Crippen LogP contribution < -0.4 is 11.1 Å². The average molecular weight is 329 g/mol. The lowest BCUT2D eigenvalue weighted by Gasteiger charge is -2.40. The van der Waals surface area contributed by atoms with E-state index >= 15 is 0 Å². The Bertz CT molecular complexity index is 455. The molecule has 0 saturated heterocycles. The van der Waals surface area contributed by atoms with Gasteiger partial charge in [0, 0.05) is 27.0 Å². The van der Waals surface area contributed by atoms with Crippen molar-refractivity contribution in [2.24, 2.45) is 0 Å². The van der Waals surface area contributed by atoms with Gasteiger partial charge in [-0.2, -0.15) is 11.8 Å². The zero-order chi connectivity index (χ0) is 13.2. The van der Waals surface area contributed by atoms with Gasteiger partial charge in [0.15, 0.2) is 0 Å². The van der Waals surface area contributed by atoms with Crippen molar-refractivity contribution >= 4 is 39.3 Å². The van der Waals surface area contributed by atoms with Crippen molar-refractivity contribution < 1.29 is 4.79 Å². The number of nitrogens with two attached hydrogens (primary N) is 1. The Hall–Kier alpha value is -0.680. The summed E-state index contributed by atoms with van der Waals surface area (Å²) in [6.07, 6.45) is 5.77. The molecule has 0 spiro atoms. The molecule has 1 amide bonds. The molecule has 0 unspecified atom stereocenters. The molecular formula is C13H17BrN2OS. The topological polar surface area (TPSA) is 55.1 Å². The molecule has 0 aliphatic heterocycles. The van der Waals surface area contributed by atoms with Crippen LogP contribution in [0.2, 0.25) is 0 Å². The van der Waals surface area contributed by atoms with E-state index < -0.39 is 0 Å². The Morgan fingerprint density at radius 1 is 1.56 bits per heavy atom. The van der Waals surface area contributed by atoms with Crippen molar-refractivity contribution in [2.75, 3.05) is 18.5 Å². The first-order valence-electron chi connectivity index (χ1n) is 5.95. The van der Waals surface area contributed by atoms with Crippen LogP contribution in [0, 0.1) is 0 Å². The normalized spacial score (nSPS) is 17.0. The van der Waals surface area contributed by atoms with E-state index in [1.165, 1.54) is 19.3 Å². The Balaban J connectivity index is 1.97. The van der Waals surface area contributed by atoms with Gasteiger partial charge >= 0.3 is 0 Å². The predicted octanol–water partition coefficient (Wildman–Crippen LogP) is 3.05. The van der Waals surface area contributed by atoms with Crippen LogP contribution in [0.25, 0.3) is 0 Å². The molecule has 1 aromatic carbocycles. The molecule has 3 nitrogen and oxygen atoms in total. The van der Waals surface area contributed by atoms with Crippen LogP contribution in [0.5, 0.6) is 0 Å². The van der Waals surface area contributed by atoms with Gasteiger partial charge in [-0.1, -0.05) is 6.42 Å². The lowest BCUT2D eigenvalue weighted by atomic mass is 9.84. The molecule has 0 heterocycles. The number of amides is 1. The van der Waals surface area contributed by atoms with Crippen LogP contribution in [0.3, 0.4) is 0 Å². The van der Waals surface area contributed by atoms with Crippen LogP contribution >= 0.6 is 27.7 Å². The Morgan fingerprint density at radius 2 is 2.28 bits per heavy atom. The van der Waals surface area contributed by atoms with Crippen molar-refractivity contribution in [3.05, 3.63) is 28.2 Å². The molecule has 18 heavy (non-hydrogen) atoms. The quantitative estimate of drug-likeness (QED) is 0.835. The van der Waals surface area contributed by atoms with Gasteiger partial charge < -0.3 is 11.1 Å². The third-order valence-corrected chi connectivity index (χ3v) is 5.64. The minimum absolute atomic E-state index is 0.0315. The van der Waals surface area contributed by atoms with Crippen molar-refractivity contribution in [2.45, 2.75) is 24.0 Å². The first-order valence-corrected chi connectivity index (χ1v) is 7.96. The van der Waals surface area contributed by atoms with Crippen LogP contribution in [-0.4, -0.2) is 23.5 Å². The number of thioether (sulfide) groups is 1. The largest absolute Gasteiger partial charge is 0.398 e. The molecule has 3 N–H and O–H groups in total. The molecule has 0 radical (unpaired) electrons. The minimum atomic E-state index is -0.0315. The maximum absolute atomic E-state index is 12.0. The highest BCUT2D eigenvalue weighted by molar-refractivity contribution is 9.10. The third-order valence-electron chi connectivity index (χ3n) is 3.53. The van der Waals surface area contributed by atoms with Crippen LogP contribution in [0.15, 0.2) is 22.7 Å². The molecule has 0 aromatic heterocycles. The predicted molar refractivity (Wildman–Crippen MR) is 81.0 cm³/mol. The molecule has 0 bridgehead atoms. The summed E-state index contributed by atoms with van der Waals surface area (Å²) in [6.45, 7) is 0.745. The zero-order valence-electron chi connectivity index (χ0n) is 10.3. The lowest BCUT2D eigenvalue weighted by Crippen LogP contribution is -2.45. The van der Waals surface area contributed by atoms with E-state index in [0.29, 0.717) is 11.3 Å². The summed E-state index contributed by atoms with van der Waals surface area (Å²) in [4.78, 5) is 12.0. The molecule has 1 aromatic rings. The van der Waals surface area contributed by atoms with Gasteiger partial charge in [-0.15, -0.1) is 0 Å². The molecule has 0 atom stereocenters. The third kappa shape index (κ3) is 2.83. The van der Waals surface area contributed by atoms with Crippen LogP contribution in [0.1, 0.15) is 29.6 Å². The maximum Gasteiger partial charge on any atom is 0.251 e. The Morgan fingerprint density at radius 3 is 2.78 bits per heavy atom. The maximum atomic E-state index is 12.0. The van der Waals surface area contributed by atoms with Gasteiger partial charge in [0.25, 0.3) is 5.91 Å².